The van der Waals surface area contributed by atoms with Crippen molar-refractivity contribution >= 4 is 32.9 Å². The number of halogens is 2. The van der Waals surface area contributed by atoms with Crippen molar-refractivity contribution in [1.82, 2.24) is 0 Å². The van der Waals surface area contributed by atoms with Crippen molar-refractivity contribution in [3.8, 4) is 0 Å². The van der Waals surface area contributed by atoms with Gasteiger partial charge in [-0.25, -0.2) is 9.18 Å². The lowest BCUT2D eigenvalue weighted by molar-refractivity contribution is 0.0696. The predicted molar refractivity (Wildman–Crippen MR) is 50.8 cm³/mol. The summed E-state index contributed by atoms with van der Waals surface area (Å²) in [4.78, 5) is 10.8. The third-order valence-electron chi connectivity index (χ3n) is 1.84. The summed E-state index contributed by atoms with van der Waals surface area (Å²) in [5, 5.41) is 9.09. The second kappa shape index (κ2) is 3.09. The van der Waals surface area contributed by atoms with Crippen LogP contribution in [0.1, 0.15) is 10.4 Å². The van der Waals surface area contributed by atoms with E-state index >= 15 is 0 Å². The summed E-state index contributed by atoms with van der Waals surface area (Å²) in [6.45, 7) is 0. The van der Waals surface area contributed by atoms with E-state index in [-0.39, 0.29) is 21.2 Å². The smallest absolute Gasteiger partial charge is 0.340 e. The number of furan rings is 1. The first kappa shape index (κ1) is 9.21. The first-order chi connectivity index (χ1) is 6.61. The molecular weight excluding hydrogens is 255 g/mol. The zero-order valence-electron chi connectivity index (χ0n) is 6.75. The first-order valence-corrected chi connectivity index (χ1v) is 4.50. The fourth-order valence-corrected chi connectivity index (χ4v) is 1.80. The fraction of sp³-hybridized carbons (Fsp3) is 0. The lowest BCUT2D eigenvalue weighted by Crippen LogP contribution is -1.94. The van der Waals surface area contributed by atoms with Gasteiger partial charge in [0.15, 0.2) is 16.1 Å². The van der Waals surface area contributed by atoms with Crippen LogP contribution in [0.25, 0.3) is 11.0 Å². The van der Waals surface area contributed by atoms with E-state index in [0.29, 0.717) is 0 Å². The number of hydrogen-bond donors (Lipinski definition) is 1. The molecule has 1 heterocycles. The first-order valence-electron chi connectivity index (χ1n) is 3.71. The molecule has 0 fully saturated rings. The number of carboxylic acids is 1. The fourth-order valence-electron chi connectivity index (χ4n) is 1.26. The standard InChI is InChI=1S/C9H4BrFO3/c10-8-6(9(12)13)4-2-1-3-5(11)7(4)14-8/h1-3H,(H,12,13). The van der Waals surface area contributed by atoms with E-state index in [1.54, 1.807) is 0 Å². The van der Waals surface area contributed by atoms with Crippen molar-refractivity contribution in [2.45, 2.75) is 0 Å². The molecule has 1 N–H and O–H groups in total. The van der Waals surface area contributed by atoms with Crippen molar-refractivity contribution in [1.29, 1.82) is 0 Å². The minimum absolute atomic E-state index is 0.0325. The van der Waals surface area contributed by atoms with Gasteiger partial charge in [0.2, 0.25) is 0 Å². The maximum Gasteiger partial charge on any atom is 0.340 e. The molecule has 0 spiro atoms. The van der Waals surface area contributed by atoms with Crippen molar-refractivity contribution in [2.24, 2.45) is 0 Å². The van der Waals surface area contributed by atoms with Gasteiger partial charge < -0.3 is 9.52 Å². The molecular formula is C9H4BrFO3. The minimum atomic E-state index is -1.15. The highest BCUT2D eigenvalue weighted by molar-refractivity contribution is 9.10. The molecule has 0 unspecified atom stereocenters. The number of carbonyl (C=O) groups is 1. The molecule has 1 aromatic heterocycles. The molecule has 72 valence electrons. The van der Waals surface area contributed by atoms with Gasteiger partial charge in [0.25, 0.3) is 0 Å². The summed E-state index contributed by atoms with van der Waals surface area (Å²) in [6.07, 6.45) is 0. The maximum absolute atomic E-state index is 13.1. The Hall–Kier alpha value is -1.36. The van der Waals surface area contributed by atoms with Crippen molar-refractivity contribution in [3.63, 3.8) is 0 Å². The van der Waals surface area contributed by atoms with E-state index < -0.39 is 11.8 Å². The van der Waals surface area contributed by atoms with E-state index in [2.05, 4.69) is 15.9 Å². The molecule has 0 radical (unpaired) electrons. The topological polar surface area (TPSA) is 50.4 Å². The summed E-state index contributed by atoms with van der Waals surface area (Å²) in [6, 6.07) is 4.14. The summed E-state index contributed by atoms with van der Waals surface area (Å²) in [7, 11) is 0. The lowest BCUT2D eigenvalue weighted by atomic mass is 10.2. The van der Waals surface area contributed by atoms with Crippen LogP contribution < -0.4 is 0 Å². The second-order valence-electron chi connectivity index (χ2n) is 2.67. The van der Waals surface area contributed by atoms with E-state index in [4.69, 9.17) is 9.52 Å². The average molecular weight is 259 g/mol. The maximum atomic E-state index is 13.1. The third kappa shape index (κ3) is 1.21. The van der Waals surface area contributed by atoms with E-state index in [1.807, 2.05) is 0 Å². The van der Waals surface area contributed by atoms with Gasteiger partial charge in [-0.3, -0.25) is 0 Å². The molecule has 0 atom stereocenters. The van der Waals surface area contributed by atoms with Crippen LogP contribution in [0.15, 0.2) is 27.3 Å². The summed E-state index contributed by atoms with van der Waals surface area (Å²) >= 11 is 2.93. The van der Waals surface area contributed by atoms with Crippen LogP contribution in [0.5, 0.6) is 0 Å². The zero-order chi connectivity index (χ0) is 10.3. The van der Waals surface area contributed by atoms with Crippen LogP contribution in [0.3, 0.4) is 0 Å². The molecule has 0 amide bonds. The van der Waals surface area contributed by atoms with E-state index in [1.165, 1.54) is 18.2 Å². The average Bonchev–Trinajstić information content (AvgIpc) is 2.42. The number of carboxylic acid groups (broad SMARTS) is 1. The molecule has 0 aliphatic heterocycles. The third-order valence-corrected chi connectivity index (χ3v) is 2.40. The number of aromatic carboxylic acids is 1. The van der Waals surface area contributed by atoms with Crippen LogP contribution in [0, 0.1) is 5.82 Å². The molecule has 3 nitrogen and oxygen atoms in total. The van der Waals surface area contributed by atoms with Crippen LogP contribution in [0.4, 0.5) is 4.39 Å². The van der Waals surface area contributed by atoms with Gasteiger partial charge in [-0.1, -0.05) is 6.07 Å². The molecule has 2 aromatic rings. The quantitative estimate of drug-likeness (QED) is 0.856. The van der Waals surface area contributed by atoms with Gasteiger partial charge in [-0.2, -0.15) is 0 Å². The molecule has 0 aliphatic rings. The molecule has 0 bridgehead atoms. The largest absolute Gasteiger partial charge is 0.478 e. The molecule has 2 rings (SSSR count). The summed E-state index contributed by atoms with van der Waals surface area (Å²) in [5.74, 6) is -1.73. The van der Waals surface area contributed by atoms with Gasteiger partial charge in [-0.15, -0.1) is 0 Å². The molecule has 0 saturated carbocycles. The van der Waals surface area contributed by atoms with Gasteiger partial charge >= 0.3 is 5.97 Å². The Bertz CT molecular complexity index is 518. The Morgan fingerprint density at radius 2 is 2.21 bits per heavy atom. The highest BCUT2D eigenvalue weighted by Crippen LogP contribution is 2.31. The van der Waals surface area contributed by atoms with Crippen LogP contribution in [0.2, 0.25) is 0 Å². The SMILES string of the molecule is O=C(O)c1c(Br)oc2c(F)cccc12. The van der Waals surface area contributed by atoms with Crippen LogP contribution in [-0.2, 0) is 0 Å². The van der Waals surface area contributed by atoms with Crippen molar-refractivity contribution in [2.75, 3.05) is 0 Å². The number of fused-ring (bicyclic) bond motifs is 1. The van der Waals surface area contributed by atoms with Gasteiger partial charge in [-0.05, 0) is 28.1 Å². The Morgan fingerprint density at radius 3 is 2.86 bits per heavy atom. The van der Waals surface area contributed by atoms with E-state index in [0.717, 1.165) is 0 Å². The number of para-hydroxylation sites is 1. The molecule has 0 saturated heterocycles. The highest BCUT2D eigenvalue weighted by atomic mass is 79.9. The lowest BCUT2D eigenvalue weighted by Gasteiger charge is -1.90. The normalized spacial score (nSPS) is 10.7. The van der Waals surface area contributed by atoms with Gasteiger partial charge in [0, 0.05) is 5.39 Å². The summed E-state index contributed by atoms with van der Waals surface area (Å²) in [5.41, 5.74) is -0.101. The second-order valence-corrected chi connectivity index (χ2v) is 3.39. The van der Waals surface area contributed by atoms with E-state index in [9.17, 15) is 9.18 Å². The number of rotatable bonds is 1. The Kier molecular flexibility index (Phi) is 2.03. The molecule has 0 aliphatic carbocycles. The Balaban J connectivity index is 2.90. The monoisotopic (exact) mass is 258 g/mol. The summed E-state index contributed by atoms with van der Waals surface area (Å²) < 4.78 is 18.1. The minimum Gasteiger partial charge on any atom is -0.478 e. The Morgan fingerprint density at radius 1 is 1.50 bits per heavy atom. The predicted octanol–water partition coefficient (Wildman–Crippen LogP) is 3.03. The molecule has 1 aromatic carbocycles. The number of hydrogen-bond acceptors (Lipinski definition) is 2. The highest BCUT2D eigenvalue weighted by Gasteiger charge is 2.19. The van der Waals surface area contributed by atoms with Crippen LogP contribution in [-0.4, -0.2) is 11.1 Å². The zero-order valence-corrected chi connectivity index (χ0v) is 8.34. The Labute approximate surface area is 86.3 Å². The van der Waals surface area contributed by atoms with Crippen molar-refractivity contribution < 1.29 is 18.7 Å². The van der Waals surface area contributed by atoms with Gasteiger partial charge in [0.1, 0.15) is 5.56 Å². The molecule has 14 heavy (non-hydrogen) atoms. The van der Waals surface area contributed by atoms with Crippen molar-refractivity contribution in [3.05, 3.63) is 34.2 Å². The van der Waals surface area contributed by atoms with Crippen LogP contribution >= 0.6 is 15.9 Å². The number of benzene rings is 1. The molecule has 5 heteroatoms. The van der Waals surface area contributed by atoms with Gasteiger partial charge in [0.05, 0.1) is 0 Å².